The second-order valence-corrected chi connectivity index (χ2v) is 11.5. The molecule has 1 aromatic rings. The number of halogens is 6. The molecule has 1 aliphatic rings. The molecule has 51 heavy (non-hydrogen) atoms. The van der Waals surface area contributed by atoms with Crippen molar-refractivity contribution >= 4 is 41.4 Å². The Morgan fingerprint density at radius 2 is 1.69 bits per heavy atom. The van der Waals surface area contributed by atoms with Gasteiger partial charge in [-0.15, -0.1) is 0 Å². The number of rotatable bonds is 17. The highest BCUT2D eigenvalue weighted by Gasteiger charge is 2.57. The Hall–Kier alpha value is -4.86. The van der Waals surface area contributed by atoms with Crippen LogP contribution in [0.15, 0.2) is 18.2 Å². The van der Waals surface area contributed by atoms with E-state index in [0.717, 1.165) is 30.9 Å². The van der Waals surface area contributed by atoms with E-state index in [-0.39, 0.29) is 30.9 Å². The molecule has 1 aliphatic heterocycles. The Morgan fingerprint density at radius 3 is 2.29 bits per heavy atom. The van der Waals surface area contributed by atoms with Gasteiger partial charge < -0.3 is 45.9 Å². The van der Waals surface area contributed by atoms with E-state index in [2.05, 4.69) is 21.3 Å². The molecule has 2 rings (SSSR count). The molecule has 0 bridgehead atoms. The van der Waals surface area contributed by atoms with Crippen LogP contribution in [-0.4, -0.2) is 121 Å². The maximum Gasteiger partial charge on any atom is 0.455 e. The van der Waals surface area contributed by atoms with E-state index in [1.165, 1.54) is 18.3 Å². The van der Waals surface area contributed by atoms with Crippen LogP contribution in [0.5, 0.6) is 5.75 Å². The van der Waals surface area contributed by atoms with Crippen LogP contribution in [0, 0.1) is 5.82 Å². The Balaban J connectivity index is 2.01. The number of hydrogen-bond acceptors (Lipinski definition) is 10. The highest BCUT2D eigenvalue weighted by molar-refractivity contribution is 5.99. The predicted octanol–water partition coefficient (Wildman–Crippen LogP) is 0.175. The number of carboxylic acid groups (broad SMARTS) is 1. The van der Waals surface area contributed by atoms with E-state index in [0.29, 0.717) is 0 Å². The molecule has 1 aromatic carbocycles. The molecule has 0 saturated carbocycles. The maximum atomic E-state index is 14.2. The van der Waals surface area contributed by atoms with Crippen LogP contribution in [0.25, 0.3) is 0 Å². The van der Waals surface area contributed by atoms with Crippen LogP contribution in [0.4, 0.5) is 36.8 Å². The Kier molecular flexibility index (Phi) is 14.8. The van der Waals surface area contributed by atoms with Crippen molar-refractivity contribution in [3.8, 4) is 5.75 Å². The Bertz CT molecular complexity index is 1450. The van der Waals surface area contributed by atoms with Gasteiger partial charge in [-0.1, -0.05) is 0 Å². The molecule has 0 aromatic heterocycles. The van der Waals surface area contributed by atoms with Crippen LogP contribution in [0.1, 0.15) is 33.6 Å². The van der Waals surface area contributed by atoms with E-state index in [9.17, 15) is 60.2 Å². The second-order valence-electron chi connectivity index (χ2n) is 11.5. The summed E-state index contributed by atoms with van der Waals surface area (Å²) in [6.45, 7) is -0.891. The largest absolute Gasteiger partial charge is 0.486 e. The summed E-state index contributed by atoms with van der Waals surface area (Å²) in [4.78, 5) is 73.6. The molecule has 0 radical (unpaired) electrons. The van der Waals surface area contributed by atoms with E-state index < -0.39 is 110 Å². The van der Waals surface area contributed by atoms with Gasteiger partial charge in [-0.05, 0) is 32.4 Å². The Labute approximate surface area is 286 Å². The highest BCUT2D eigenvalue weighted by Crippen LogP contribution is 2.35. The maximum absolute atomic E-state index is 14.2. The number of nitrogens with zero attached hydrogens (tertiary/aromatic N) is 1. The van der Waals surface area contributed by atoms with Crippen molar-refractivity contribution in [2.75, 3.05) is 44.2 Å². The van der Waals surface area contributed by atoms with Crippen molar-refractivity contribution < 1.29 is 74.8 Å². The number of benzene rings is 1. The molecule has 16 nitrogen and oxygen atoms in total. The molecule has 1 unspecified atom stereocenters. The molecule has 286 valence electrons. The predicted molar refractivity (Wildman–Crippen MR) is 162 cm³/mol. The highest BCUT2D eigenvalue weighted by atomic mass is 19.4. The third-order valence-electron chi connectivity index (χ3n) is 7.15. The number of ether oxygens (including phenoxy) is 2. The first-order chi connectivity index (χ1) is 23.6. The molecule has 0 aliphatic carbocycles. The summed E-state index contributed by atoms with van der Waals surface area (Å²) in [5.41, 5.74) is -2.71. The summed E-state index contributed by atoms with van der Waals surface area (Å²) in [7, 11) is 0. The first kappa shape index (κ1) is 42.3. The number of aliphatic hydroxyl groups is 1. The molecule has 0 fully saturated rings. The molecule has 0 saturated heterocycles. The van der Waals surface area contributed by atoms with Gasteiger partial charge in [-0.2, -0.15) is 22.0 Å². The van der Waals surface area contributed by atoms with Crippen LogP contribution in [0.3, 0.4) is 0 Å². The lowest BCUT2D eigenvalue weighted by molar-refractivity contribution is -0.279. The molecule has 5 amide bonds. The lowest BCUT2D eigenvalue weighted by atomic mass is 10.0. The van der Waals surface area contributed by atoms with Crippen LogP contribution in [0.2, 0.25) is 0 Å². The minimum atomic E-state index is -5.96. The minimum absolute atomic E-state index is 0.00144. The Morgan fingerprint density at radius 1 is 1.04 bits per heavy atom. The summed E-state index contributed by atoms with van der Waals surface area (Å²) >= 11 is 0. The van der Waals surface area contributed by atoms with Crippen molar-refractivity contribution in [1.82, 2.24) is 26.6 Å². The van der Waals surface area contributed by atoms with Crippen LogP contribution in [-0.2, 0) is 28.7 Å². The fraction of sp³-hybridized carbons (Fsp3) is 0.586. The molecular formula is C29H38F6N6O10. The average molecular weight is 745 g/mol. The van der Waals surface area contributed by atoms with Gasteiger partial charge in [-0.3, -0.25) is 29.3 Å². The van der Waals surface area contributed by atoms with Gasteiger partial charge >= 0.3 is 24.2 Å². The fourth-order valence-electron chi connectivity index (χ4n) is 4.45. The minimum Gasteiger partial charge on any atom is -0.486 e. The smallest absolute Gasteiger partial charge is 0.455 e. The second kappa shape index (κ2) is 17.9. The van der Waals surface area contributed by atoms with E-state index >= 15 is 0 Å². The number of fused-ring (bicyclic) bond motifs is 1. The van der Waals surface area contributed by atoms with Gasteiger partial charge in [0.1, 0.15) is 36.4 Å². The summed E-state index contributed by atoms with van der Waals surface area (Å²) in [6.07, 6.45) is -8.63. The summed E-state index contributed by atoms with van der Waals surface area (Å²) in [5.74, 6) is -11.0. The number of amides is 5. The third kappa shape index (κ3) is 12.8. The zero-order valence-electron chi connectivity index (χ0n) is 27.5. The first-order valence-corrected chi connectivity index (χ1v) is 15.2. The van der Waals surface area contributed by atoms with Crippen molar-refractivity contribution in [3.05, 3.63) is 24.0 Å². The van der Waals surface area contributed by atoms with E-state index in [1.807, 2.05) is 0 Å². The number of alkyl carbamates (subject to hydrolysis) is 1. The van der Waals surface area contributed by atoms with Gasteiger partial charge in [0, 0.05) is 39.0 Å². The zero-order chi connectivity index (χ0) is 38.7. The molecule has 4 atom stereocenters. The van der Waals surface area contributed by atoms with E-state index in [4.69, 9.17) is 14.6 Å². The van der Waals surface area contributed by atoms with Gasteiger partial charge in [0.25, 0.3) is 5.91 Å². The molecule has 22 heteroatoms. The van der Waals surface area contributed by atoms with Crippen LogP contribution >= 0.6 is 0 Å². The number of alkyl halides is 5. The number of anilines is 1. The number of carboxylic acids is 1. The third-order valence-corrected chi connectivity index (χ3v) is 7.15. The van der Waals surface area contributed by atoms with Crippen molar-refractivity contribution in [2.24, 2.45) is 0 Å². The van der Waals surface area contributed by atoms with Gasteiger partial charge in [-0.25, -0.2) is 9.18 Å². The van der Waals surface area contributed by atoms with E-state index in [1.54, 1.807) is 0 Å². The zero-order valence-corrected chi connectivity index (χ0v) is 27.5. The van der Waals surface area contributed by atoms with Gasteiger partial charge in [0.15, 0.2) is 5.60 Å². The van der Waals surface area contributed by atoms with Gasteiger partial charge in [0.2, 0.25) is 17.7 Å². The standard InChI is InChI=1S/C29H38F6N6O10/c1-15-22(38-13-27(3,49)25(47)39-14-28(31,32)29(33,34)35)24(46)41(19-12-17(30)4-6-20(19)51-15)10-11-50-26(48)37-9-8-36-23(45)18(40-16(2)42)5-7-21(43)44/h4,6,12,15,18,22,38,49H,5,7-11,13-14H2,1-3H3,(H,36,45)(H,37,48)(H,39,47)(H,40,42)(H,43,44)/t15-,18?,22+,27+/m1/s1. The molecular weight excluding hydrogens is 706 g/mol. The lowest BCUT2D eigenvalue weighted by Crippen LogP contribution is -2.60. The fourth-order valence-corrected chi connectivity index (χ4v) is 4.45. The number of aliphatic carboxylic acids is 1. The monoisotopic (exact) mass is 744 g/mol. The first-order valence-electron chi connectivity index (χ1n) is 15.2. The van der Waals surface area contributed by atoms with Crippen molar-refractivity contribution in [3.63, 3.8) is 0 Å². The number of carbonyl (C=O) groups is 6. The van der Waals surface area contributed by atoms with Crippen molar-refractivity contribution in [2.45, 2.75) is 69.5 Å². The topological polar surface area (TPSA) is 225 Å². The quantitative estimate of drug-likeness (QED) is 0.0842. The van der Waals surface area contributed by atoms with Crippen molar-refractivity contribution in [1.29, 1.82) is 0 Å². The molecule has 7 N–H and O–H groups in total. The summed E-state index contributed by atoms with van der Waals surface area (Å²) in [6, 6.07) is 0.620. The summed E-state index contributed by atoms with van der Waals surface area (Å²) in [5, 5.41) is 30.2. The van der Waals surface area contributed by atoms with Gasteiger partial charge in [0.05, 0.1) is 18.8 Å². The SMILES string of the molecule is CC(=O)NC(CCC(=O)O)C(=O)NCCNC(=O)OCCN1C(=O)[C@@H](NC[C@](C)(O)C(=O)NCC(F)(F)C(F)(F)F)[C@@H](C)Oc2ccc(F)cc21. The number of carbonyl (C=O) groups excluding carboxylic acids is 5. The average Bonchev–Trinajstić information content (AvgIpc) is 3.11. The number of nitrogens with one attached hydrogen (secondary N) is 5. The normalized spacial score (nSPS) is 17.8. The van der Waals surface area contributed by atoms with Crippen LogP contribution < -0.4 is 36.2 Å². The lowest BCUT2D eigenvalue weighted by Gasteiger charge is -2.30. The summed E-state index contributed by atoms with van der Waals surface area (Å²) < 4.78 is 89.0. The number of hydrogen-bond donors (Lipinski definition) is 7. The molecule has 0 spiro atoms. The molecule has 1 heterocycles.